The summed E-state index contributed by atoms with van der Waals surface area (Å²) in [5.74, 6) is 0.525. The molecule has 37 heavy (non-hydrogen) atoms. The fourth-order valence-electron chi connectivity index (χ4n) is 7.54. The minimum absolute atomic E-state index is 0.103. The van der Waals surface area contributed by atoms with Gasteiger partial charge in [0.1, 0.15) is 0 Å². The highest BCUT2D eigenvalue weighted by Crippen LogP contribution is 2.64. The molecule has 0 amide bonds. The van der Waals surface area contributed by atoms with Gasteiger partial charge in [0.25, 0.3) is 0 Å². The van der Waals surface area contributed by atoms with Crippen LogP contribution in [0.25, 0.3) is 16.5 Å². The minimum atomic E-state index is 0.103. The van der Waals surface area contributed by atoms with E-state index in [1.807, 2.05) is 41.5 Å². The predicted molar refractivity (Wildman–Crippen MR) is 164 cm³/mol. The second-order valence-corrected chi connectivity index (χ2v) is 10.9. The molecule has 2 nitrogen and oxygen atoms in total. The van der Waals surface area contributed by atoms with E-state index in [9.17, 15) is 0 Å². The van der Waals surface area contributed by atoms with Crippen molar-refractivity contribution in [3.63, 3.8) is 0 Å². The van der Waals surface area contributed by atoms with Crippen molar-refractivity contribution < 1.29 is 0 Å². The maximum atomic E-state index is 2.72. The first-order chi connectivity index (χ1) is 17.9. The van der Waals surface area contributed by atoms with Crippen molar-refractivity contribution in [3.05, 3.63) is 77.1 Å². The molecule has 3 aliphatic heterocycles. The molecule has 2 heteroatoms. The van der Waals surface area contributed by atoms with Crippen molar-refractivity contribution in [2.45, 2.75) is 107 Å². The van der Waals surface area contributed by atoms with E-state index in [1.165, 1.54) is 40.4 Å². The van der Waals surface area contributed by atoms with Crippen LogP contribution in [0.1, 0.15) is 111 Å². The van der Waals surface area contributed by atoms with Crippen molar-refractivity contribution in [2.75, 3.05) is 6.54 Å². The van der Waals surface area contributed by atoms with Gasteiger partial charge in [-0.05, 0) is 68.7 Å². The SMILES string of the molecule is CC.CC.CC.CCC12CC(C)(C)n3c4c(c5ccccc53)CCN(C=C(c3cccc(C)c3)C1C)C42. The molecule has 0 saturated carbocycles. The zero-order chi connectivity index (χ0) is 27.5. The second kappa shape index (κ2) is 11.5. The summed E-state index contributed by atoms with van der Waals surface area (Å²) in [5, 5.41) is 1.48. The molecule has 1 aromatic heterocycles. The number of fused-ring (bicyclic) bond motifs is 3. The minimum Gasteiger partial charge on any atom is -0.368 e. The molecule has 3 unspecified atom stereocenters. The number of allylic oxidation sites excluding steroid dienone is 1. The Morgan fingerprint density at radius 1 is 0.919 bits per heavy atom. The molecule has 3 aromatic rings. The smallest absolute Gasteiger partial charge is 0.0754 e. The van der Waals surface area contributed by atoms with Gasteiger partial charge in [0.05, 0.1) is 6.04 Å². The average Bonchev–Trinajstić information content (AvgIpc) is 3.28. The summed E-state index contributed by atoms with van der Waals surface area (Å²) < 4.78 is 2.72. The number of para-hydroxylation sites is 1. The van der Waals surface area contributed by atoms with Gasteiger partial charge in [-0.25, -0.2) is 0 Å². The lowest BCUT2D eigenvalue weighted by molar-refractivity contribution is -0.0275. The number of nitrogens with zero attached hydrogens (tertiary/aromatic N) is 2. The molecule has 3 atom stereocenters. The first-order valence-corrected chi connectivity index (χ1v) is 15.0. The molecule has 4 heterocycles. The molecule has 0 N–H and O–H groups in total. The van der Waals surface area contributed by atoms with Gasteiger partial charge in [-0.15, -0.1) is 0 Å². The Bertz CT molecular complexity index is 1230. The second-order valence-electron chi connectivity index (χ2n) is 10.9. The zero-order valence-electron chi connectivity index (χ0n) is 25.6. The molecule has 0 fully saturated rings. The number of rotatable bonds is 2. The zero-order valence-corrected chi connectivity index (χ0v) is 25.6. The molecular formula is C35H52N2. The highest BCUT2D eigenvalue weighted by atomic mass is 15.2. The van der Waals surface area contributed by atoms with Crippen molar-refractivity contribution >= 4 is 16.5 Å². The van der Waals surface area contributed by atoms with Crippen LogP contribution in [0.15, 0.2) is 54.7 Å². The van der Waals surface area contributed by atoms with Crippen LogP contribution in [0.4, 0.5) is 0 Å². The van der Waals surface area contributed by atoms with Gasteiger partial charge in [-0.3, -0.25) is 0 Å². The summed E-state index contributed by atoms with van der Waals surface area (Å²) in [5.41, 5.74) is 9.30. The highest BCUT2D eigenvalue weighted by molar-refractivity contribution is 5.87. The van der Waals surface area contributed by atoms with E-state index in [-0.39, 0.29) is 11.0 Å². The van der Waals surface area contributed by atoms with Crippen LogP contribution >= 0.6 is 0 Å². The van der Waals surface area contributed by atoms with E-state index >= 15 is 0 Å². The van der Waals surface area contributed by atoms with Crippen LogP contribution in [0.3, 0.4) is 0 Å². The Labute approximate surface area is 227 Å². The molecule has 0 spiro atoms. The Kier molecular flexibility index (Phi) is 9.04. The van der Waals surface area contributed by atoms with Gasteiger partial charge in [0, 0.05) is 40.3 Å². The van der Waals surface area contributed by atoms with Crippen LogP contribution in [-0.4, -0.2) is 16.0 Å². The van der Waals surface area contributed by atoms with Crippen molar-refractivity contribution in [2.24, 2.45) is 11.3 Å². The van der Waals surface area contributed by atoms with Crippen LogP contribution in [0, 0.1) is 18.3 Å². The Hall–Kier alpha value is -2.48. The Balaban J connectivity index is 0.000000593. The summed E-state index contributed by atoms with van der Waals surface area (Å²) in [6.07, 6.45) is 6.10. The molecule has 0 saturated heterocycles. The maximum Gasteiger partial charge on any atom is 0.0754 e. The monoisotopic (exact) mass is 500 g/mol. The fraction of sp³-hybridized carbons (Fsp3) is 0.543. The third-order valence-electron chi connectivity index (χ3n) is 8.79. The Morgan fingerprint density at radius 3 is 2.24 bits per heavy atom. The van der Waals surface area contributed by atoms with Crippen molar-refractivity contribution in [1.29, 1.82) is 0 Å². The average molecular weight is 501 g/mol. The van der Waals surface area contributed by atoms with Gasteiger partial charge >= 0.3 is 0 Å². The lowest BCUT2D eigenvalue weighted by Gasteiger charge is -2.61. The van der Waals surface area contributed by atoms with Crippen LogP contribution in [0.2, 0.25) is 0 Å². The van der Waals surface area contributed by atoms with Crippen molar-refractivity contribution in [1.82, 2.24) is 9.47 Å². The topological polar surface area (TPSA) is 8.17 Å². The molecule has 0 aliphatic carbocycles. The third kappa shape index (κ3) is 4.45. The largest absolute Gasteiger partial charge is 0.368 e. The summed E-state index contributed by atoms with van der Waals surface area (Å²) in [6, 6.07) is 18.7. The lowest BCUT2D eigenvalue weighted by Crippen LogP contribution is -2.56. The number of hydrogen-bond acceptors (Lipinski definition) is 1. The van der Waals surface area contributed by atoms with E-state index < -0.39 is 0 Å². The molecule has 3 aliphatic rings. The summed E-state index contributed by atoms with van der Waals surface area (Å²) in [7, 11) is 0. The molecule has 202 valence electrons. The van der Waals surface area contributed by atoms with Crippen LogP contribution < -0.4 is 0 Å². The Morgan fingerprint density at radius 2 is 1.59 bits per heavy atom. The maximum absolute atomic E-state index is 2.72. The molecule has 2 aromatic carbocycles. The molecule has 6 rings (SSSR count). The summed E-state index contributed by atoms with van der Waals surface area (Å²) in [6.45, 7) is 25.2. The molecular weight excluding hydrogens is 448 g/mol. The molecule has 0 radical (unpaired) electrons. The first kappa shape index (κ1) is 29.1. The van der Waals surface area contributed by atoms with Crippen LogP contribution in [-0.2, 0) is 12.0 Å². The van der Waals surface area contributed by atoms with Gasteiger partial charge in [-0.2, -0.15) is 0 Å². The normalized spacial score (nSPS) is 24.3. The third-order valence-corrected chi connectivity index (χ3v) is 8.79. The summed E-state index contributed by atoms with van der Waals surface area (Å²) >= 11 is 0. The highest BCUT2D eigenvalue weighted by Gasteiger charge is 2.58. The van der Waals surface area contributed by atoms with E-state index in [4.69, 9.17) is 0 Å². The van der Waals surface area contributed by atoms with E-state index in [2.05, 4.69) is 98.8 Å². The number of benzene rings is 2. The number of hydrogen-bond donors (Lipinski definition) is 0. The quantitative estimate of drug-likeness (QED) is 0.340. The lowest BCUT2D eigenvalue weighted by atomic mass is 9.55. The number of aryl methyl sites for hydroxylation is 1. The first-order valence-electron chi connectivity index (χ1n) is 15.0. The summed E-state index contributed by atoms with van der Waals surface area (Å²) in [4.78, 5) is 2.72. The van der Waals surface area contributed by atoms with Gasteiger partial charge < -0.3 is 9.47 Å². The van der Waals surface area contributed by atoms with Gasteiger partial charge in [0.15, 0.2) is 0 Å². The van der Waals surface area contributed by atoms with Crippen molar-refractivity contribution in [3.8, 4) is 0 Å². The van der Waals surface area contributed by atoms with E-state index in [0.717, 1.165) is 13.0 Å². The predicted octanol–water partition coefficient (Wildman–Crippen LogP) is 10.2. The van der Waals surface area contributed by atoms with Crippen LogP contribution in [0.5, 0.6) is 0 Å². The fourth-order valence-corrected chi connectivity index (χ4v) is 7.54. The van der Waals surface area contributed by atoms with E-state index in [0.29, 0.717) is 12.0 Å². The van der Waals surface area contributed by atoms with Gasteiger partial charge in [0.2, 0.25) is 0 Å². The van der Waals surface area contributed by atoms with Gasteiger partial charge in [-0.1, -0.05) is 103 Å². The van der Waals surface area contributed by atoms with E-state index in [1.54, 1.807) is 11.3 Å². The number of aromatic nitrogens is 1. The molecule has 0 bridgehead atoms. The standard InChI is InChI=1S/C29H34N2.3C2H6/c1-6-29-18-28(4,5)31-25-13-8-7-12-22(25)23-14-15-30(27(29)26(23)31)17-24(20(29)3)21-11-9-10-19(2)16-21;3*1-2/h7-13,16-17,20,27H,6,14-15,18H2,1-5H3;3*1-2H3.